The Morgan fingerprint density at radius 3 is 2.70 bits per heavy atom. The van der Waals surface area contributed by atoms with Crippen molar-refractivity contribution in [3.05, 3.63) is 46.3 Å². The molecule has 5 nitrogen and oxygen atoms in total. The van der Waals surface area contributed by atoms with E-state index < -0.39 is 0 Å². The van der Waals surface area contributed by atoms with Gasteiger partial charge in [-0.05, 0) is 56.4 Å². The van der Waals surface area contributed by atoms with Crippen LogP contribution in [-0.2, 0) is 0 Å². The summed E-state index contributed by atoms with van der Waals surface area (Å²) in [6.07, 6.45) is 8.73. The maximum absolute atomic E-state index is 4.77. The van der Waals surface area contributed by atoms with Gasteiger partial charge in [0.15, 0.2) is 0 Å². The Morgan fingerprint density at radius 2 is 2.07 bits per heavy atom. The van der Waals surface area contributed by atoms with Crippen LogP contribution in [0.1, 0.15) is 25.5 Å². The molecule has 0 radical (unpaired) electrons. The maximum Gasteiger partial charge on any atom is 0.209 e. The third-order valence-corrected chi connectivity index (χ3v) is 5.53. The summed E-state index contributed by atoms with van der Waals surface area (Å²) in [7, 11) is 1.92. The highest BCUT2D eigenvalue weighted by atomic mass is 32.2. The number of allylic oxidation sites excluding steroid dienone is 4. The molecule has 0 saturated heterocycles. The van der Waals surface area contributed by atoms with E-state index in [1.54, 1.807) is 0 Å². The molecule has 2 aromatic rings. The molecule has 7 heteroatoms. The van der Waals surface area contributed by atoms with Crippen molar-refractivity contribution in [2.45, 2.75) is 19.8 Å². The SMILES string of the molecule is C=Nc1nc(-c2cccc(C3=C(SC)CCC=C3)n2)cs1.CCNCNC. The van der Waals surface area contributed by atoms with Crippen LogP contribution in [0.2, 0.25) is 0 Å². The van der Waals surface area contributed by atoms with Gasteiger partial charge >= 0.3 is 0 Å². The van der Waals surface area contributed by atoms with E-state index >= 15 is 0 Å². The zero-order valence-corrected chi connectivity index (χ0v) is 17.8. The van der Waals surface area contributed by atoms with Gasteiger partial charge in [0.25, 0.3) is 0 Å². The van der Waals surface area contributed by atoms with Crippen molar-refractivity contribution in [2.75, 3.05) is 26.5 Å². The summed E-state index contributed by atoms with van der Waals surface area (Å²) in [5, 5.41) is 8.69. The zero-order valence-electron chi connectivity index (χ0n) is 16.2. The van der Waals surface area contributed by atoms with Crippen LogP contribution < -0.4 is 10.6 Å². The molecule has 144 valence electrons. The van der Waals surface area contributed by atoms with Gasteiger partial charge in [-0.1, -0.05) is 25.1 Å². The minimum absolute atomic E-state index is 0.679. The summed E-state index contributed by atoms with van der Waals surface area (Å²) in [5.41, 5.74) is 3.97. The lowest BCUT2D eigenvalue weighted by Crippen LogP contribution is -2.24. The molecule has 0 atom stereocenters. The minimum Gasteiger partial charge on any atom is -0.308 e. The van der Waals surface area contributed by atoms with Crippen molar-refractivity contribution < 1.29 is 0 Å². The van der Waals surface area contributed by atoms with E-state index in [-0.39, 0.29) is 0 Å². The van der Waals surface area contributed by atoms with E-state index in [0.717, 1.165) is 43.1 Å². The van der Waals surface area contributed by atoms with Gasteiger partial charge in [0.2, 0.25) is 5.13 Å². The van der Waals surface area contributed by atoms with Crippen LogP contribution in [0.5, 0.6) is 0 Å². The Balaban J connectivity index is 0.000000380. The van der Waals surface area contributed by atoms with Crippen LogP contribution in [0.3, 0.4) is 0 Å². The second-order valence-corrected chi connectivity index (χ2v) is 7.44. The topological polar surface area (TPSA) is 62.2 Å². The van der Waals surface area contributed by atoms with Crippen LogP contribution in [-0.4, -0.2) is 43.2 Å². The Bertz CT molecular complexity index is 791. The normalized spacial score (nSPS) is 13.3. The number of hydrogen-bond acceptors (Lipinski definition) is 7. The zero-order chi connectivity index (χ0) is 19.5. The standard InChI is InChI=1S/C16H15N3S2.C4H12N2/c1-17-16-19-14(10-21-16)13-8-5-7-12(18-13)11-6-3-4-9-15(11)20-2;1-3-6-4-5-2/h3,5-8,10H,1,4,9H2,2H3;5-6H,3-4H2,1-2H3. The van der Waals surface area contributed by atoms with Crippen molar-refractivity contribution in [2.24, 2.45) is 4.99 Å². The van der Waals surface area contributed by atoms with E-state index in [2.05, 4.69) is 58.7 Å². The highest BCUT2D eigenvalue weighted by Gasteiger charge is 2.12. The van der Waals surface area contributed by atoms with Gasteiger partial charge in [-0.3, -0.25) is 0 Å². The number of thioether (sulfide) groups is 1. The van der Waals surface area contributed by atoms with Gasteiger partial charge in [-0.15, -0.1) is 23.1 Å². The quantitative estimate of drug-likeness (QED) is 0.399. The molecule has 2 aromatic heterocycles. The van der Waals surface area contributed by atoms with Crippen LogP contribution in [0.25, 0.3) is 17.0 Å². The average molecular weight is 402 g/mol. The molecule has 0 saturated carbocycles. The fraction of sp³-hybridized carbons (Fsp3) is 0.350. The molecule has 1 aliphatic carbocycles. The van der Waals surface area contributed by atoms with Gasteiger partial charge in [0.05, 0.1) is 11.4 Å². The summed E-state index contributed by atoms with van der Waals surface area (Å²) in [6, 6.07) is 6.08. The predicted molar refractivity (Wildman–Crippen MR) is 121 cm³/mol. The monoisotopic (exact) mass is 401 g/mol. The molecule has 2 N–H and O–H groups in total. The maximum atomic E-state index is 4.77. The lowest BCUT2D eigenvalue weighted by molar-refractivity contribution is 0.655. The molecule has 0 aromatic carbocycles. The average Bonchev–Trinajstić information content (AvgIpc) is 3.22. The second kappa shape index (κ2) is 11.8. The molecule has 27 heavy (non-hydrogen) atoms. The van der Waals surface area contributed by atoms with Crippen molar-refractivity contribution in [3.8, 4) is 11.4 Å². The number of aromatic nitrogens is 2. The van der Waals surface area contributed by atoms with Gasteiger partial charge < -0.3 is 10.6 Å². The summed E-state index contributed by atoms with van der Waals surface area (Å²) < 4.78 is 0. The first-order valence-electron chi connectivity index (χ1n) is 8.92. The summed E-state index contributed by atoms with van der Waals surface area (Å²) in [4.78, 5) is 14.4. The lowest BCUT2D eigenvalue weighted by atomic mass is 10.0. The van der Waals surface area contributed by atoms with Crippen LogP contribution in [0.15, 0.2) is 45.6 Å². The van der Waals surface area contributed by atoms with Gasteiger partial charge in [0, 0.05) is 17.6 Å². The number of rotatable bonds is 7. The van der Waals surface area contributed by atoms with Gasteiger partial charge in [-0.2, -0.15) is 0 Å². The Kier molecular flexibility index (Phi) is 9.41. The van der Waals surface area contributed by atoms with E-state index in [0.29, 0.717) is 5.13 Å². The van der Waals surface area contributed by atoms with Crippen LogP contribution in [0, 0.1) is 0 Å². The molecule has 0 amide bonds. The number of thiazole rings is 1. The molecule has 3 rings (SSSR count). The smallest absolute Gasteiger partial charge is 0.209 e. The molecule has 0 fully saturated rings. The highest BCUT2D eigenvalue weighted by Crippen LogP contribution is 2.33. The number of hydrogen-bond donors (Lipinski definition) is 2. The fourth-order valence-electron chi connectivity index (χ4n) is 2.52. The first kappa shape index (κ1) is 21.5. The Morgan fingerprint density at radius 1 is 1.26 bits per heavy atom. The van der Waals surface area contributed by atoms with Crippen molar-refractivity contribution in [3.63, 3.8) is 0 Å². The first-order chi connectivity index (χ1) is 13.2. The molecule has 1 aliphatic rings. The van der Waals surface area contributed by atoms with Gasteiger partial charge in [0.1, 0.15) is 5.69 Å². The van der Waals surface area contributed by atoms with E-state index in [1.807, 2.05) is 36.3 Å². The highest BCUT2D eigenvalue weighted by molar-refractivity contribution is 8.02. The van der Waals surface area contributed by atoms with Crippen LogP contribution in [0.4, 0.5) is 5.13 Å². The molecular formula is C20H27N5S2. The molecule has 0 spiro atoms. The van der Waals surface area contributed by atoms with Crippen molar-refractivity contribution in [1.29, 1.82) is 0 Å². The summed E-state index contributed by atoms with van der Waals surface area (Å²) in [5.74, 6) is 0. The first-order valence-corrected chi connectivity index (χ1v) is 11.0. The Labute approximate surface area is 170 Å². The Hall–Kier alpha value is -1.80. The molecule has 0 aliphatic heterocycles. The summed E-state index contributed by atoms with van der Waals surface area (Å²) in [6.45, 7) is 7.54. The molecule has 2 heterocycles. The minimum atomic E-state index is 0.679. The number of nitrogens with one attached hydrogen (secondary N) is 2. The fourth-order valence-corrected chi connectivity index (χ4v) is 3.85. The number of nitrogens with zero attached hydrogens (tertiary/aromatic N) is 3. The lowest BCUT2D eigenvalue weighted by Gasteiger charge is -2.14. The second-order valence-electron chi connectivity index (χ2n) is 5.70. The molecular weight excluding hydrogens is 374 g/mol. The van der Waals surface area contributed by atoms with E-state index in [9.17, 15) is 0 Å². The largest absolute Gasteiger partial charge is 0.308 e. The predicted octanol–water partition coefficient (Wildman–Crippen LogP) is 4.73. The van der Waals surface area contributed by atoms with Crippen molar-refractivity contribution in [1.82, 2.24) is 20.6 Å². The van der Waals surface area contributed by atoms with E-state index in [1.165, 1.54) is 21.8 Å². The third-order valence-electron chi connectivity index (χ3n) is 3.84. The van der Waals surface area contributed by atoms with Gasteiger partial charge in [-0.25, -0.2) is 15.0 Å². The summed E-state index contributed by atoms with van der Waals surface area (Å²) >= 11 is 3.29. The molecule has 0 unspecified atom stereocenters. The molecule has 0 bridgehead atoms. The third kappa shape index (κ3) is 6.39. The van der Waals surface area contributed by atoms with Crippen LogP contribution >= 0.6 is 23.1 Å². The van der Waals surface area contributed by atoms with Crippen molar-refractivity contribution >= 4 is 40.5 Å². The number of aliphatic imine (C=N–C) groups is 1. The number of pyridine rings is 1. The van der Waals surface area contributed by atoms with E-state index in [4.69, 9.17) is 4.98 Å².